The quantitative estimate of drug-likeness (QED) is 0.500. The molecule has 2 rings (SSSR count). The van der Waals surface area contributed by atoms with Gasteiger partial charge in [-0.1, -0.05) is 58.0 Å². The molecule has 0 amide bonds. The lowest BCUT2D eigenvalue weighted by molar-refractivity contribution is 0.414. The van der Waals surface area contributed by atoms with E-state index in [2.05, 4.69) is 24.3 Å². The Balaban J connectivity index is 1.69. The van der Waals surface area contributed by atoms with Crippen LogP contribution < -0.4 is 4.74 Å². The van der Waals surface area contributed by atoms with Gasteiger partial charge in [-0.05, 0) is 35.2 Å². The van der Waals surface area contributed by atoms with Crippen LogP contribution in [0.5, 0.6) is 5.75 Å². The van der Waals surface area contributed by atoms with Crippen molar-refractivity contribution in [1.82, 2.24) is 0 Å². The second-order valence-electron chi connectivity index (χ2n) is 4.40. The molecule has 0 spiro atoms. The lowest BCUT2D eigenvalue weighted by atomic mass is 10.2. The van der Waals surface area contributed by atoms with E-state index < -0.39 is 10.8 Å². The average Bonchev–Trinajstić information content (AvgIpc) is 2.58. The van der Waals surface area contributed by atoms with E-state index in [1.54, 1.807) is 28.7 Å². The molecule has 5 heteroatoms. The zero-order valence-corrected chi connectivity index (χ0v) is 14.8. The smallest absolute Gasteiger partial charge is 0.118 e. The molecular weight excluding hydrogens is 332 g/mol. The summed E-state index contributed by atoms with van der Waals surface area (Å²) < 4.78 is 17.2. The molecule has 2 nitrogen and oxygen atoms in total. The highest BCUT2D eigenvalue weighted by molar-refractivity contribution is 8.77. The monoisotopic (exact) mass is 350 g/mol. The van der Waals surface area contributed by atoms with E-state index >= 15 is 0 Å². The normalized spacial score (nSPS) is 12.4. The Bertz CT molecular complexity index is 610. The molecule has 0 fully saturated rings. The van der Waals surface area contributed by atoms with Crippen LogP contribution in [0.4, 0.5) is 0 Å². The first-order chi connectivity index (χ1) is 10.8. The summed E-state index contributed by atoms with van der Waals surface area (Å²) in [6, 6.07) is 17.7. The van der Waals surface area contributed by atoms with Gasteiger partial charge < -0.3 is 4.74 Å². The fraction of sp³-hybridized carbons (Fsp3) is 0.176. The molecule has 1 atom stereocenters. The Labute approximate surface area is 142 Å². The van der Waals surface area contributed by atoms with Gasteiger partial charge in [0.1, 0.15) is 5.75 Å². The lowest BCUT2D eigenvalue weighted by Crippen LogP contribution is -1.94. The molecule has 0 aliphatic rings. The molecule has 2 aromatic rings. The summed E-state index contributed by atoms with van der Waals surface area (Å²) in [4.78, 5) is 0.826. The Morgan fingerprint density at radius 2 is 1.82 bits per heavy atom. The average molecular weight is 351 g/mol. The van der Waals surface area contributed by atoms with E-state index in [0.29, 0.717) is 5.75 Å². The molecule has 0 saturated heterocycles. The van der Waals surface area contributed by atoms with Gasteiger partial charge in [0, 0.05) is 16.4 Å². The van der Waals surface area contributed by atoms with E-state index in [1.165, 1.54) is 5.56 Å². The molecule has 0 bridgehead atoms. The van der Waals surface area contributed by atoms with Crippen molar-refractivity contribution in [3.8, 4) is 5.75 Å². The van der Waals surface area contributed by atoms with Gasteiger partial charge in [0.05, 0.1) is 17.9 Å². The number of hydrogen-bond acceptors (Lipinski definition) is 4. The zero-order valence-electron chi connectivity index (χ0n) is 12.3. The van der Waals surface area contributed by atoms with E-state index in [1.807, 2.05) is 41.8 Å². The van der Waals surface area contributed by atoms with Crippen LogP contribution >= 0.6 is 21.6 Å². The van der Waals surface area contributed by atoms with Gasteiger partial charge in [-0.2, -0.15) is 0 Å². The van der Waals surface area contributed by atoms with Crippen molar-refractivity contribution in [2.45, 2.75) is 10.6 Å². The van der Waals surface area contributed by atoms with Crippen LogP contribution in [0, 0.1) is 0 Å². The molecule has 1 unspecified atom stereocenters. The van der Waals surface area contributed by atoms with E-state index in [-0.39, 0.29) is 0 Å². The van der Waals surface area contributed by atoms with Crippen molar-refractivity contribution < 1.29 is 8.95 Å². The van der Waals surface area contributed by atoms with Crippen LogP contribution in [0.2, 0.25) is 0 Å². The minimum Gasteiger partial charge on any atom is -0.497 e. The first kappa shape index (κ1) is 17.2. The van der Waals surface area contributed by atoms with E-state index in [4.69, 9.17) is 4.74 Å². The number of ether oxygens (including phenoxy) is 1. The molecular formula is C17H18O2S3. The maximum absolute atomic E-state index is 12.1. The fourth-order valence-electron chi connectivity index (χ4n) is 1.71. The van der Waals surface area contributed by atoms with Crippen molar-refractivity contribution in [2.75, 3.05) is 12.9 Å². The van der Waals surface area contributed by atoms with Gasteiger partial charge in [-0.3, -0.25) is 4.21 Å². The molecule has 0 saturated carbocycles. The van der Waals surface area contributed by atoms with Crippen LogP contribution in [-0.2, 0) is 16.6 Å². The third-order valence-electron chi connectivity index (χ3n) is 2.86. The predicted octanol–water partition coefficient (Wildman–Crippen LogP) is 4.90. The SMILES string of the molecule is COc1ccc(S(=O)C/C=C\SSCc2ccccc2)cc1. The minimum absolute atomic E-state index is 0.533. The molecule has 0 N–H and O–H groups in total. The summed E-state index contributed by atoms with van der Waals surface area (Å²) in [5.41, 5.74) is 1.32. The fourth-order valence-corrected chi connectivity index (χ4v) is 4.46. The van der Waals surface area contributed by atoms with Crippen LogP contribution in [0.1, 0.15) is 5.56 Å². The Morgan fingerprint density at radius 1 is 1.09 bits per heavy atom. The zero-order chi connectivity index (χ0) is 15.6. The maximum Gasteiger partial charge on any atom is 0.118 e. The maximum atomic E-state index is 12.1. The second kappa shape index (κ2) is 9.77. The van der Waals surface area contributed by atoms with E-state index in [0.717, 1.165) is 16.4 Å². The predicted molar refractivity (Wildman–Crippen MR) is 98.7 cm³/mol. The van der Waals surface area contributed by atoms with Gasteiger partial charge in [0.15, 0.2) is 0 Å². The summed E-state index contributed by atoms with van der Waals surface area (Å²) in [5.74, 6) is 2.28. The summed E-state index contributed by atoms with van der Waals surface area (Å²) in [6.45, 7) is 0. The first-order valence-corrected chi connectivity index (χ1v) is 10.5. The van der Waals surface area contributed by atoms with Crippen LogP contribution in [-0.4, -0.2) is 17.1 Å². The Kier molecular flexibility index (Phi) is 7.63. The molecule has 116 valence electrons. The molecule has 0 aliphatic carbocycles. The summed E-state index contributed by atoms with van der Waals surface area (Å²) >= 11 is 0. The molecule has 0 radical (unpaired) electrons. The van der Waals surface area contributed by atoms with Crippen molar-refractivity contribution >= 4 is 32.4 Å². The molecule has 0 aromatic heterocycles. The Morgan fingerprint density at radius 3 is 2.50 bits per heavy atom. The second-order valence-corrected chi connectivity index (χ2v) is 8.17. The third-order valence-corrected chi connectivity index (χ3v) is 6.14. The first-order valence-electron chi connectivity index (χ1n) is 6.79. The number of rotatable bonds is 8. The highest BCUT2D eigenvalue weighted by Gasteiger charge is 2.01. The Hall–Kier alpha value is -1.17. The topological polar surface area (TPSA) is 26.3 Å². The number of hydrogen-bond donors (Lipinski definition) is 0. The third kappa shape index (κ3) is 5.91. The molecule has 0 aliphatic heterocycles. The molecule has 0 heterocycles. The lowest BCUT2D eigenvalue weighted by Gasteiger charge is -2.02. The van der Waals surface area contributed by atoms with Crippen molar-refractivity contribution in [3.05, 3.63) is 71.6 Å². The highest BCUT2D eigenvalue weighted by atomic mass is 33.1. The van der Waals surface area contributed by atoms with Crippen molar-refractivity contribution in [3.63, 3.8) is 0 Å². The summed E-state index contributed by atoms with van der Waals surface area (Å²) in [5, 5.41) is 2.01. The van der Waals surface area contributed by atoms with Crippen molar-refractivity contribution in [1.29, 1.82) is 0 Å². The molecule has 2 aromatic carbocycles. The number of benzene rings is 2. The molecule has 22 heavy (non-hydrogen) atoms. The van der Waals surface area contributed by atoms with Gasteiger partial charge in [-0.15, -0.1) is 0 Å². The van der Waals surface area contributed by atoms with Crippen LogP contribution in [0.15, 0.2) is 71.0 Å². The number of methoxy groups -OCH3 is 1. The van der Waals surface area contributed by atoms with Crippen molar-refractivity contribution in [2.24, 2.45) is 0 Å². The summed E-state index contributed by atoms with van der Waals surface area (Å²) in [6.07, 6.45) is 1.96. The van der Waals surface area contributed by atoms with E-state index in [9.17, 15) is 4.21 Å². The van der Waals surface area contributed by atoms with Gasteiger partial charge in [0.2, 0.25) is 0 Å². The van der Waals surface area contributed by atoms with Gasteiger partial charge in [-0.25, -0.2) is 0 Å². The van der Waals surface area contributed by atoms with Crippen LogP contribution in [0.3, 0.4) is 0 Å². The summed E-state index contributed by atoms with van der Waals surface area (Å²) in [7, 11) is 4.07. The van der Waals surface area contributed by atoms with Gasteiger partial charge >= 0.3 is 0 Å². The van der Waals surface area contributed by atoms with Gasteiger partial charge in [0.25, 0.3) is 0 Å². The van der Waals surface area contributed by atoms with Crippen LogP contribution in [0.25, 0.3) is 0 Å². The standard InChI is InChI=1S/C17H18O2S3/c1-19-16-8-10-17(11-9-16)22(18)13-5-12-20-21-14-15-6-3-2-4-7-15/h2-12H,13-14H2,1H3/b12-5-. The largest absolute Gasteiger partial charge is 0.497 e. The highest BCUT2D eigenvalue weighted by Crippen LogP contribution is 2.26. The minimum atomic E-state index is -1.00.